The van der Waals surface area contributed by atoms with Gasteiger partial charge in [0.1, 0.15) is 5.92 Å². The Morgan fingerprint density at radius 3 is 1.07 bits per heavy atom. The Morgan fingerprint density at radius 1 is 0.472 bits per heavy atom. The largest absolute Gasteiger partial charge is 0.466 e. The van der Waals surface area contributed by atoms with E-state index >= 15 is 0 Å². The van der Waals surface area contributed by atoms with Crippen LogP contribution in [0.4, 0.5) is 0 Å². The molecule has 0 aliphatic heterocycles. The Morgan fingerprint density at radius 2 is 0.778 bits per heavy atom. The van der Waals surface area contributed by atoms with Crippen molar-refractivity contribution in [2.24, 2.45) is 11.8 Å². The SMILES string of the molecule is C=C(C)C(CC(=O)OCC)C(=O)OCC.CCOC(=O)C=CC(=O)OCC.CCOC(=O)C=CC(=O)OCC.CCOC(=O)CC(C(=O)OCC)=C(C)C.CCOC(=O)CC(C(=O)OCC)C(C)(C)[N+](=O)[O-]. The van der Waals surface area contributed by atoms with Crippen LogP contribution in [0, 0.1) is 22.0 Å². The van der Waals surface area contributed by atoms with Gasteiger partial charge in [-0.15, -0.1) is 0 Å². The molecular weight excluding hydrogens is 955 g/mol. The van der Waals surface area contributed by atoms with Crippen molar-refractivity contribution in [1.29, 1.82) is 0 Å². The fourth-order valence-electron chi connectivity index (χ4n) is 4.53. The number of hydrogen-bond donors (Lipinski definition) is 0. The van der Waals surface area contributed by atoms with E-state index in [0.29, 0.717) is 64.0 Å². The number of hydrogen-bond acceptors (Lipinski definition) is 22. The zero-order valence-electron chi connectivity index (χ0n) is 44.8. The fraction of sp³-hybridized carbons (Fsp3) is 0.633. The van der Waals surface area contributed by atoms with E-state index < -0.39 is 82.0 Å². The van der Waals surface area contributed by atoms with E-state index in [9.17, 15) is 58.1 Å². The molecule has 0 aromatic heterocycles. The summed E-state index contributed by atoms with van der Waals surface area (Å²) in [6, 6.07) is 0. The number of ether oxygens (including phenoxy) is 10. The summed E-state index contributed by atoms with van der Waals surface area (Å²) in [5.74, 6) is -6.97. The van der Waals surface area contributed by atoms with Crippen LogP contribution in [0.2, 0.25) is 0 Å². The van der Waals surface area contributed by atoms with Gasteiger partial charge in [0.15, 0.2) is 0 Å². The van der Waals surface area contributed by atoms with Crippen molar-refractivity contribution in [2.45, 2.75) is 129 Å². The van der Waals surface area contributed by atoms with Crippen molar-refractivity contribution in [3.63, 3.8) is 0 Å². The van der Waals surface area contributed by atoms with Gasteiger partial charge in [0.05, 0.1) is 91.2 Å². The number of carbonyl (C=O) groups excluding carboxylic acids is 10. The molecular formula is C49H79NO22. The van der Waals surface area contributed by atoms with Gasteiger partial charge in [0.25, 0.3) is 0 Å². The lowest BCUT2D eigenvalue weighted by Crippen LogP contribution is -2.45. The van der Waals surface area contributed by atoms with Crippen LogP contribution in [-0.4, -0.2) is 136 Å². The van der Waals surface area contributed by atoms with Crippen molar-refractivity contribution < 1.29 is 100 Å². The smallest absolute Gasteiger partial charge is 0.334 e. The Bertz CT molecular complexity index is 1710. The van der Waals surface area contributed by atoms with E-state index in [1.165, 1.54) is 13.8 Å². The standard InChI is InChI=1S/C11H19NO6.2C11H18O4.2C8H12O4/c1-5-17-9(13)7-8(10(14)18-6-2)11(3,4)12(15)16;2*1-5-14-10(12)7-9(8(3)4)11(13)15-6-2;2*1-3-11-7(9)5-6-8(10)12-4-2/h8H,5-7H2,1-4H3;5-7H2,1-4H3;9H,3,5-7H2,1-2,4H3;2*5-6H,3-4H2,1-2H3. The van der Waals surface area contributed by atoms with Gasteiger partial charge in [0.2, 0.25) is 5.54 Å². The number of nitro groups is 1. The summed E-state index contributed by atoms with van der Waals surface area (Å²) < 4.78 is 46.8. The molecule has 0 aromatic carbocycles. The second kappa shape index (κ2) is 46.4. The first kappa shape index (κ1) is 74.0. The van der Waals surface area contributed by atoms with Crippen molar-refractivity contribution in [1.82, 2.24) is 0 Å². The van der Waals surface area contributed by atoms with Crippen LogP contribution in [0.1, 0.15) is 123 Å². The summed E-state index contributed by atoms with van der Waals surface area (Å²) in [4.78, 5) is 121. The van der Waals surface area contributed by atoms with E-state index in [2.05, 4.69) is 25.5 Å². The summed E-state index contributed by atoms with van der Waals surface area (Å²) in [7, 11) is 0. The first-order chi connectivity index (χ1) is 33.7. The maximum atomic E-state index is 11.7. The summed E-state index contributed by atoms with van der Waals surface area (Å²) in [6.45, 7) is 31.0. The lowest BCUT2D eigenvalue weighted by molar-refractivity contribution is -0.568. The second-order valence-electron chi connectivity index (χ2n) is 14.2. The number of allylic oxidation sites excluding steroid dienone is 1. The molecule has 0 aromatic rings. The molecule has 0 spiro atoms. The van der Waals surface area contributed by atoms with E-state index in [0.717, 1.165) is 29.9 Å². The lowest BCUT2D eigenvalue weighted by atomic mass is 9.85. The predicted molar refractivity (Wildman–Crippen MR) is 260 cm³/mol. The summed E-state index contributed by atoms with van der Waals surface area (Å²) in [6.07, 6.45) is 3.80. The van der Waals surface area contributed by atoms with Crippen LogP contribution < -0.4 is 0 Å². The number of nitrogens with zero attached hydrogens (tertiary/aromatic N) is 1. The number of carbonyl (C=O) groups is 10. The van der Waals surface area contributed by atoms with Gasteiger partial charge in [-0.2, -0.15) is 0 Å². The van der Waals surface area contributed by atoms with E-state index in [1.807, 2.05) is 0 Å². The third kappa shape index (κ3) is 40.9. The molecule has 2 atom stereocenters. The number of rotatable bonds is 26. The molecule has 0 radical (unpaired) electrons. The fourth-order valence-corrected chi connectivity index (χ4v) is 4.53. The van der Waals surface area contributed by atoms with E-state index in [1.54, 1.807) is 90.0 Å². The quantitative estimate of drug-likeness (QED) is 0.0238. The van der Waals surface area contributed by atoms with Crippen LogP contribution in [0.15, 0.2) is 47.6 Å². The summed E-state index contributed by atoms with van der Waals surface area (Å²) in [5, 5.41) is 11.0. The number of esters is 10. The molecule has 23 nitrogen and oxygen atoms in total. The third-order valence-electron chi connectivity index (χ3n) is 8.02. The van der Waals surface area contributed by atoms with Crippen LogP contribution in [-0.2, 0) is 95.3 Å². The van der Waals surface area contributed by atoms with Gasteiger partial charge in [-0.05, 0) is 90.0 Å². The minimum absolute atomic E-state index is 0.00199. The topological polar surface area (TPSA) is 306 Å². The van der Waals surface area contributed by atoms with Crippen LogP contribution >= 0.6 is 0 Å². The summed E-state index contributed by atoms with van der Waals surface area (Å²) in [5.41, 5.74) is 0.192. The molecule has 412 valence electrons. The zero-order valence-corrected chi connectivity index (χ0v) is 44.8. The minimum atomic E-state index is -1.58. The normalized spacial score (nSPS) is 10.8. The second-order valence-corrected chi connectivity index (χ2v) is 14.2. The van der Waals surface area contributed by atoms with Gasteiger partial charge < -0.3 is 47.4 Å². The molecule has 0 fully saturated rings. The Balaban J connectivity index is -0.000000262. The maximum absolute atomic E-state index is 11.7. The molecule has 0 saturated heterocycles. The Labute approximate surface area is 423 Å². The Kier molecular flexibility index (Phi) is 47.7. The zero-order chi connectivity index (χ0) is 56.8. The van der Waals surface area contributed by atoms with Crippen LogP contribution in [0.3, 0.4) is 0 Å². The molecule has 0 heterocycles. The molecule has 0 amide bonds. The van der Waals surface area contributed by atoms with Gasteiger partial charge >= 0.3 is 59.7 Å². The molecule has 2 unspecified atom stereocenters. The first-order valence-electron chi connectivity index (χ1n) is 23.2. The van der Waals surface area contributed by atoms with Crippen LogP contribution in [0.5, 0.6) is 0 Å². The molecule has 0 aliphatic carbocycles. The van der Waals surface area contributed by atoms with Crippen molar-refractivity contribution >= 4 is 59.7 Å². The highest BCUT2D eigenvalue weighted by Crippen LogP contribution is 2.26. The average molecular weight is 1030 g/mol. The molecule has 0 rings (SSSR count). The van der Waals surface area contributed by atoms with Gasteiger partial charge in [-0.3, -0.25) is 34.1 Å². The highest BCUT2D eigenvalue weighted by atomic mass is 16.6. The van der Waals surface area contributed by atoms with E-state index in [4.69, 9.17) is 28.4 Å². The van der Waals surface area contributed by atoms with Gasteiger partial charge in [-0.25, -0.2) is 24.0 Å². The van der Waals surface area contributed by atoms with Gasteiger partial charge in [-0.1, -0.05) is 17.7 Å². The van der Waals surface area contributed by atoms with Crippen molar-refractivity contribution in [2.75, 3.05) is 66.1 Å². The summed E-state index contributed by atoms with van der Waals surface area (Å²) >= 11 is 0. The Hall–Kier alpha value is -6.94. The minimum Gasteiger partial charge on any atom is -0.466 e. The van der Waals surface area contributed by atoms with Crippen molar-refractivity contribution in [3.05, 3.63) is 57.7 Å². The molecule has 0 aliphatic rings. The lowest BCUT2D eigenvalue weighted by Gasteiger charge is -2.24. The maximum Gasteiger partial charge on any atom is 0.334 e. The average Bonchev–Trinajstić information content (AvgIpc) is 3.29. The third-order valence-corrected chi connectivity index (χ3v) is 8.02. The molecule has 0 N–H and O–H groups in total. The first-order valence-corrected chi connectivity index (χ1v) is 23.2. The highest BCUT2D eigenvalue weighted by molar-refractivity contribution is 5.94. The monoisotopic (exact) mass is 1030 g/mol. The van der Waals surface area contributed by atoms with Gasteiger partial charge in [0, 0.05) is 48.6 Å². The molecule has 0 bridgehead atoms. The molecule has 0 saturated carbocycles. The molecule has 72 heavy (non-hydrogen) atoms. The highest BCUT2D eigenvalue weighted by Gasteiger charge is 2.47. The van der Waals surface area contributed by atoms with Crippen molar-refractivity contribution in [3.8, 4) is 0 Å². The molecule has 23 heteroatoms. The predicted octanol–water partition coefficient (Wildman–Crippen LogP) is 6.05. The van der Waals surface area contributed by atoms with E-state index in [-0.39, 0.29) is 32.5 Å². The van der Waals surface area contributed by atoms with Crippen LogP contribution in [0.25, 0.3) is 0 Å².